The second-order valence-electron chi connectivity index (χ2n) is 5.37. The molecule has 0 aromatic heterocycles. The van der Waals surface area contributed by atoms with Gasteiger partial charge in [0.25, 0.3) is 0 Å². The summed E-state index contributed by atoms with van der Waals surface area (Å²) < 4.78 is 14.0. The number of piperidine rings is 1. The number of likely N-dealkylation sites (tertiary alicyclic amines) is 1. The van der Waals surface area contributed by atoms with Crippen LogP contribution in [0.4, 0.5) is 4.39 Å². The zero-order chi connectivity index (χ0) is 13.8. The van der Waals surface area contributed by atoms with Crippen LogP contribution in [0.15, 0.2) is 18.2 Å². The monoisotopic (exact) mass is 263 g/mol. The van der Waals surface area contributed by atoms with E-state index in [4.69, 9.17) is 11.1 Å². The minimum atomic E-state index is -0.258. The van der Waals surface area contributed by atoms with Crippen molar-refractivity contribution in [1.29, 1.82) is 5.41 Å². The molecule has 0 saturated carbocycles. The molecule has 3 N–H and O–H groups in total. The number of amidine groups is 1. The molecular formula is C15H22FN3. The van der Waals surface area contributed by atoms with Crippen LogP contribution in [0.5, 0.6) is 0 Å². The summed E-state index contributed by atoms with van der Waals surface area (Å²) in [7, 11) is 0. The number of rotatable bonds is 4. The van der Waals surface area contributed by atoms with Crippen molar-refractivity contribution in [2.24, 2.45) is 11.7 Å². The molecule has 0 bridgehead atoms. The average Bonchev–Trinajstić information content (AvgIpc) is 2.41. The molecule has 1 aliphatic heterocycles. The van der Waals surface area contributed by atoms with Gasteiger partial charge in [0.1, 0.15) is 11.7 Å². The normalized spacial score (nSPS) is 20.4. The van der Waals surface area contributed by atoms with Gasteiger partial charge in [0.15, 0.2) is 0 Å². The molecule has 0 radical (unpaired) electrons. The minimum absolute atomic E-state index is 0.0885. The molecule has 0 aliphatic carbocycles. The van der Waals surface area contributed by atoms with Crippen LogP contribution in [0.1, 0.15) is 37.3 Å². The van der Waals surface area contributed by atoms with Gasteiger partial charge >= 0.3 is 0 Å². The van der Waals surface area contributed by atoms with Crippen molar-refractivity contribution in [3.63, 3.8) is 0 Å². The maximum Gasteiger partial charge on any atom is 0.128 e. The van der Waals surface area contributed by atoms with E-state index in [2.05, 4.69) is 11.8 Å². The molecule has 3 nitrogen and oxygen atoms in total. The standard InChI is InChI=1S/C15H22FN3/c1-2-11-4-3-7-19(9-11)10-13-6-5-12(15(17)18)8-14(13)16/h5-6,8,11H,2-4,7,9-10H2,1H3,(H3,17,18). The summed E-state index contributed by atoms with van der Waals surface area (Å²) in [5, 5.41) is 7.31. The SMILES string of the molecule is CCC1CCCN(Cc2ccc(C(=N)N)cc2F)C1. The summed E-state index contributed by atoms with van der Waals surface area (Å²) in [6.45, 7) is 4.98. The number of nitrogens with one attached hydrogen (secondary N) is 1. The van der Waals surface area contributed by atoms with Crippen molar-refractivity contribution in [3.05, 3.63) is 35.1 Å². The Hall–Kier alpha value is -1.42. The van der Waals surface area contributed by atoms with E-state index in [-0.39, 0.29) is 11.7 Å². The van der Waals surface area contributed by atoms with Crippen molar-refractivity contribution in [3.8, 4) is 0 Å². The molecule has 2 rings (SSSR count). The summed E-state index contributed by atoms with van der Waals surface area (Å²) in [5.74, 6) is 0.397. The minimum Gasteiger partial charge on any atom is -0.384 e. The van der Waals surface area contributed by atoms with Gasteiger partial charge in [0, 0.05) is 24.2 Å². The van der Waals surface area contributed by atoms with Crippen LogP contribution < -0.4 is 5.73 Å². The molecule has 1 heterocycles. The lowest BCUT2D eigenvalue weighted by atomic mass is 9.95. The second kappa shape index (κ2) is 6.15. The van der Waals surface area contributed by atoms with E-state index >= 15 is 0 Å². The molecular weight excluding hydrogens is 241 g/mol. The highest BCUT2D eigenvalue weighted by Crippen LogP contribution is 2.21. The number of nitrogens with two attached hydrogens (primary N) is 1. The first kappa shape index (κ1) is 14.0. The lowest BCUT2D eigenvalue weighted by Crippen LogP contribution is -2.34. The Balaban J connectivity index is 2.04. The predicted octanol–water partition coefficient (Wildman–Crippen LogP) is 2.73. The Kier molecular flexibility index (Phi) is 4.53. The zero-order valence-corrected chi connectivity index (χ0v) is 11.5. The molecule has 1 saturated heterocycles. The summed E-state index contributed by atoms with van der Waals surface area (Å²) in [6.07, 6.45) is 3.69. The molecule has 104 valence electrons. The lowest BCUT2D eigenvalue weighted by molar-refractivity contribution is 0.163. The Morgan fingerprint density at radius 1 is 1.53 bits per heavy atom. The third-order valence-corrected chi connectivity index (χ3v) is 3.94. The van der Waals surface area contributed by atoms with Crippen molar-refractivity contribution in [2.45, 2.75) is 32.7 Å². The fraction of sp³-hybridized carbons (Fsp3) is 0.533. The maximum atomic E-state index is 14.0. The van der Waals surface area contributed by atoms with E-state index in [0.29, 0.717) is 17.7 Å². The Morgan fingerprint density at radius 2 is 2.32 bits per heavy atom. The van der Waals surface area contributed by atoms with Gasteiger partial charge in [-0.05, 0) is 31.4 Å². The van der Waals surface area contributed by atoms with Crippen LogP contribution in [0, 0.1) is 17.1 Å². The van der Waals surface area contributed by atoms with Crippen LogP contribution in [0.25, 0.3) is 0 Å². The van der Waals surface area contributed by atoms with Gasteiger partial charge in [0.05, 0.1) is 0 Å². The van der Waals surface area contributed by atoms with Crippen molar-refractivity contribution in [1.82, 2.24) is 4.90 Å². The third kappa shape index (κ3) is 3.53. The van der Waals surface area contributed by atoms with Crippen LogP contribution in [-0.4, -0.2) is 23.8 Å². The maximum absolute atomic E-state index is 14.0. The number of nitrogen functional groups attached to an aromatic ring is 1. The Bertz CT molecular complexity index is 459. The van der Waals surface area contributed by atoms with E-state index in [1.54, 1.807) is 12.1 Å². The topological polar surface area (TPSA) is 53.1 Å². The van der Waals surface area contributed by atoms with Crippen molar-refractivity contribution < 1.29 is 4.39 Å². The van der Waals surface area contributed by atoms with Gasteiger partial charge in [-0.15, -0.1) is 0 Å². The number of halogens is 1. The molecule has 1 fully saturated rings. The number of hydrogen-bond donors (Lipinski definition) is 2. The van der Waals surface area contributed by atoms with Gasteiger partial charge in [0.2, 0.25) is 0 Å². The van der Waals surface area contributed by atoms with Gasteiger partial charge in [-0.1, -0.05) is 25.5 Å². The lowest BCUT2D eigenvalue weighted by Gasteiger charge is -2.32. The van der Waals surface area contributed by atoms with Gasteiger partial charge < -0.3 is 5.73 Å². The van der Waals surface area contributed by atoms with Gasteiger partial charge in [-0.3, -0.25) is 10.3 Å². The molecule has 1 unspecified atom stereocenters. The summed E-state index contributed by atoms with van der Waals surface area (Å²) in [6, 6.07) is 4.84. The van der Waals surface area contributed by atoms with Crippen molar-refractivity contribution >= 4 is 5.84 Å². The van der Waals surface area contributed by atoms with Crippen LogP contribution in [-0.2, 0) is 6.54 Å². The molecule has 1 atom stereocenters. The molecule has 1 aromatic carbocycles. The smallest absolute Gasteiger partial charge is 0.128 e. The van der Waals surface area contributed by atoms with Crippen LogP contribution in [0.3, 0.4) is 0 Å². The van der Waals surface area contributed by atoms with E-state index < -0.39 is 0 Å². The highest BCUT2D eigenvalue weighted by atomic mass is 19.1. The first-order valence-corrected chi connectivity index (χ1v) is 6.95. The fourth-order valence-electron chi connectivity index (χ4n) is 2.71. The first-order chi connectivity index (χ1) is 9.10. The largest absolute Gasteiger partial charge is 0.384 e. The molecule has 19 heavy (non-hydrogen) atoms. The molecule has 0 amide bonds. The third-order valence-electron chi connectivity index (χ3n) is 3.94. The molecule has 0 spiro atoms. The Morgan fingerprint density at radius 3 is 2.95 bits per heavy atom. The molecule has 4 heteroatoms. The zero-order valence-electron chi connectivity index (χ0n) is 11.5. The molecule has 1 aliphatic rings. The van der Waals surface area contributed by atoms with Crippen molar-refractivity contribution in [2.75, 3.05) is 13.1 Å². The predicted molar refractivity (Wildman–Crippen MR) is 75.7 cm³/mol. The van der Waals surface area contributed by atoms with Crippen LogP contribution in [0.2, 0.25) is 0 Å². The van der Waals surface area contributed by atoms with E-state index in [9.17, 15) is 4.39 Å². The van der Waals surface area contributed by atoms with Gasteiger partial charge in [-0.2, -0.15) is 0 Å². The molecule has 1 aromatic rings. The van der Waals surface area contributed by atoms with Crippen LogP contribution >= 0.6 is 0 Å². The quantitative estimate of drug-likeness (QED) is 0.648. The first-order valence-electron chi connectivity index (χ1n) is 6.95. The Labute approximate surface area is 114 Å². The fourth-order valence-corrected chi connectivity index (χ4v) is 2.71. The summed E-state index contributed by atoms with van der Waals surface area (Å²) in [5.41, 5.74) is 6.51. The number of nitrogens with zero attached hydrogens (tertiary/aromatic N) is 1. The second-order valence-corrected chi connectivity index (χ2v) is 5.37. The highest BCUT2D eigenvalue weighted by Gasteiger charge is 2.19. The summed E-state index contributed by atoms with van der Waals surface area (Å²) >= 11 is 0. The van der Waals surface area contributed by atoms with E-state index in [1.807, 2.05) is 0 Å². The highest BCUT2D eigenvalue weighted by molar-refractivity contribution is 5.94. The number of hydrogen-bond acceptors (Lipinski definition) is 2. The average molecular weight is 263 g/mol. The number of benzene rings is 1. The summed E-state index contributed by atoms with van der Waals surface area (Å²) in [4.78, 5) is 2.32. The van der Waals surface area contributed by atoms with E-state index in [0.717, 1.165) is 19.0 Å². The van der Waals surface area contributed by atoms with E-state index in [1.165, 1.54) is 25.3 Å². The van der Waals surface area contributed by atoms with Gasteiger partial charge in [-0.25, -0.2) is 4.39 Å².